The fourth-order valence-electron chi connectivity index (χ4n) is 3.34. The molecule has 0 saturated heterocycles. The first kappa shape index (κ1) is 24.9. The molecule has 9 heteroatoms. The van der Waals surface area contributed by atoms with Gasteiger partial charge >= 0.3 is 25.0 Å². The topological polar surface area (TPSA) is 65.9 Å². The molecule has 1 unspecified atom stereocenters. The molecule has 0 aliphatic carbocycles. The molecule has 0 spiro atoms. The third-order valence-corrected chi connectivity index (χ3v) is 5.52. The van der Waals surface area contributed by atoms with Gasteiger partial charge in [-0.2, -0.15) is 13.2 Å². The Balaban J connectivity index is 0.00000306. The van der Waals surface area contributed by atoms with Gasteiger partial charge in [-0.05, 0) is 77.7 Å². The van der Waals surface area contributed by atoms with Gasteiger partial charge in [-0.3, -0.25) is 14.2 Å². The van der Waals surface area contributed by atoms with Crippen LogP contribution in [0.25, 0.3) is 33.6 Å². The molecule has 2 aromatic carbocycles. The second kappa shape index (κ2) is 10.0. The number of aryl methyl sites for hydroxylation is 1. The van der Waals surface area contributed by atoms with Crippen LogP contribution in [0.4, 0.5) is 13.2 Å². The summed E-state index contributed by atoms with van der Waals surface area (Å²) in [6.45, 7) is 1.81. The van der Waals surface area contributed by atoms with Gasteiger partial charge in [0, 0.05) is 27.9 Å². The first-order chi connectivity index (χ1) is 15.2. The van der Waals surface area contributed by atoms with Crippen molar-refractivity contribution in [2.75, 3.05) is 0 Å². The number of benzene rings is 2. The molecular formula is C24H16F3LiN2O2S. The van der Waals surface area contributed by atoms with Crippen LogP contribution in [0, 0.1) is 6.92 Å². The summed E-state index contributed by atoms with van der Waals surface area (Å²) < 4.78 is 61.1. The predicted octanol–water partition coefficient (Wildman–Crippen LogP) is 3.05. The van der Waals surface area contributed by atoms with Gasteiger partial charge in [-0.25, -0.2) is 0 Å². The minimum atomic E-state index is -4.39. The van der Waals surface area contributed by atoms with Gasteiger partial charge in [-0.1, -0.05) is 24.3 Å². The molecular weight excluding hydrogens is 444 g/mol. The van der Waals surface area contributed by atoms with Crippen molar-refractivity contribution in [3.63, 3.8) is 0 Å². The molecule has 4 rings (SSSR count). The van der Waals surface area contributed by atoms with E-state index in [1.807, 2.05) is 6.92 Å². The molecule has 0 amide bonds. The van der Waals surface area contributed by atoms with Crippen LogP contribution in [-0.4, -0.2) is 18.7 Å². The number of aromatic nitrogens is 2. The van der Waals surface area contributed by atoms with Crippen LogP contribution in [-0.2, 0) is 17.3 Å². The van der Waals surface area contributed by atoms with Crippen LogP contribution in [0.1, 0.15) is 11.3 Å². The van der Waals surface area contributed by atoms with Gasteiger partial charge in [0.15, 0.2) is 0 Å². The smallest absolute Gasteiger partial charge is 0.768 e. The average Bonchev–Trinajstić information content (AvgIpc) is 2.78. The van der Waals surface area contributed by atoms with Gasteiger partial charge in [-0.15, -0.1) is 0 Å². The zero-order valence-electron chi connectivity index (χ0n) is 17.8. The van der Waals surface area contributed by atoms with Crippen molar-refractivity contribution in [3.8, 4) is 33.6 Å². The Morgan fingerprint density at radius 3 is 2.15 bits per heavy atom. The maximum Gasteiger partial charge on any atom is 1.00 e. The Hall–Kier alpha value is -2.76. The van der Waals surface area contributed by atoms with E-state index in [1.54, 1.807) is 42.6 Å². The van der Waals surface area contributed by atoms with Crippen LogP contribution in [0.5, 0.6) is 0 Å². The number of rotatable bonds is 4. The monoisotopic (exact) mass is 460 g/mol. The summed E-state index contributed by atoms with van der Waals surface area (Å²) >= 11 is -2.35. The van der Waals surface area contributed by atoms with Crippen LogP contribution in [0.2, 0.25) is 0 Å². The summed E-state index contributed by atoms with van der Waals surface area (Å²) in [4.78, 5) is 9.06. The van der Waals surface area contributed by atoms with Crippen LogP contribution in [0.3, 0.4) is 0 Å². The van der Waals surface area contributed by atoms with E-state index in [4.69, 9.17) is 0 Å². The van der Waals surface area contributed by atoms with Crippen molar-refractivity contribution in [1.29, 1.82) is 0 Å². The van der Waals surface area contributed by atoms with E-state index in [-0.39, 0.29) is 23.8 Å². The predicted molar refractivity (Wildman–Crippen MR) is 115 cm³/mol. The average molecular weight is 460 g/mol. The van der Waals surface area contributed by atoms with Crippen LogP contribution in [0.15, 0.2) is 83.9 Å². The first-order valence-corrected chi connectivity index (χ1v) is 10.6. The molecule has 0 aliphatic heterocycles. The second-order valence-electron chi connectivity index (χ2n) is 7.15. The Morgan fingerprint density at radius 2 is 1.48 bits per heavy atom. The van der Waals surface area contributed by atoms with Crippen molar-refractivity contribution in [3.05, 3.63) is 90.3 Å². The number of hydrogen-bond donors (Lipinski definition) is 0. The summed E-state index contributed by atoms with van der Waals surface area (Å²) in [6.07, 6.45) is -2.78. The second-order valence-corrected chi connectivity index (χ2v) is 8.09. The fourth-order valence-corrected chi connectivity index (χ4v) is 3.75. The summed E-state index contributed by atoms with van der Waals surface area (Å²) in [6, 6.07) is 18.6. The Morgan fingerprint density at radius 1 is 0.818 bits per heavy atom. The zero-order chi connectivity index (χ0) is 22.9. The number of pyridine rings is 2. The van der Waals surface area contributed by atoms with E-state index < -0.39 is 22.8 Å². The third kappa shape index (κ3) is 5.78. The molecule has 0 N–H and O–H groups in total. The van der Waals surface area contributed by atoms with Crippen molar-refractivity contribution >= 4 is 11.1 Å². The zero-order valence-corrected chi connectivity index (χ0v) is 18.6. The minimum absolute atomic E-state index is 0. The summed E-state index contributed by atoms with van der Waals surface area (Å²) in [7, 11) is 0. The maximum atomic E-state index is 12.9. The molecule has 1 atom stereocenters. The molecule has 0 aliphatic rings. The molecule has 0 radical (unpaired) electrons. The standard InChI is InChI=1S/C24H17F3N2O2S.Li/c1-15-11-19(16-5-7-20(8-6-16)24(25,26)27)14-23(29-15)18-9-10-28-22(13-18)17-3-2-4-21(12-17)32(30)31;/h2-14H,1H3,(H,30,31);/q;+1/p-1. The van der Waals surface area contributed by atoms with Crippen molar-refractivity contribution in [2.24, 2.45) is 0 Å². The first-order valence-electron chi connectivity index (χ1n) is 9.53. The van der Waals surface area contributed by atoms with Gasteiger partial charge in [0.2, 0.25) is 0 Å². The van der Waals surface area contributed by atoms with Gasteiger partial charge < -0.3 is 4.55 Å². The van der Waals surface area contributed by atoms with E-state index in [1.165, 1.54) is 24.3 Å². The number of nitrogens with zero attached hydrogens (tertiary/aromatic N) is 2. The van der Waals surface area contributed by atoms with E-state index in [0.29, 0.717) is 28.2 Å². The Kier molecular flexibility index (Phi) is 7.55. The normalized spacial score (nSPS) is 12.2. The van der Waals surface area contributed by atoms with Gasteiger partial charge in [0.05, 0.1) is 17.0 Å². The Bertz CT molecular complexity index is 1310. The van der Waals surface area contributed by atoms with E-state index in [0.717, 1.165) is 23.3 Å². The Labute approximate surface area is 203 Å². The van der Waals surface area contributed by atoms with Crippen LogP contribution < -0.4 is 18.9 Å². The summed E-state index contributed by atoms with van der Waals surface area (Å²) in [5.41, 5.74) is 3.99. The van der Waals surface area contributed by atoms with E-state index >= 15 is 0 Å². The molecule has 4 nitrogen and oxygen atoms in total. The maximum absolute atomic E-state index is 12.9. The van der Waals surface area contributed by atoms with Gasteiger partial charge in [0.25, 0.3) is 0 Å². The van der Waals surface area contributed by atoms with E-state index in [9.17, 15) is 21.9 Å². The molecule has 2 heterocycles. The SMILES string of the molecule is Cc1cc(-c2ccc(C(F)(F)F)cc2)cc(-c2ccnc(-c3cccc(S(=O)[O-])c3)c2)n1.[Li+]. The molecule has 4 aromatic rings. The molecule has 33 heavy (non-hydrogen) atoms. The molecule has 0 fully saturated rings. The third-order valence-electron chi connectivity index (χ3n) is 4.88. The van der Waals surface area contributed by atoms with Crippen LogP contribution >= 0.6 is 0 Å². The van der Waals surface area contributed by atoms with Crippen molar-refractivity contribution in [1.82, 2.24) is 9.97 Å². The van der Waals surface area contributed by atoms with E-state index in [2.05, 4.69) is 9.97 Å². The number of alkyl halides is 3. The number of halogens is 3. The molecule has 0 bridgehead atoms. The molecule has 162 valence electrons. The largest absolute Gasteiger partial charge is 1.00 e. The van der Waals surface area contributed by atoms with Crippen molar-refractivity contribution in [2.45, 2.75) is 18.0 Å². The minimum Gasteiger partial charge on any atom is -0.768 e. The quantitative estimate of drug-likeness (QED) is 0.347. The molecule has 2 aromatic heterocycles. The summed E-state index contributed by atoms with van der Waals surface area (Å²) in [5.74, 6) is 0. The fraction of sp³-hybridized carbons (Fsp3) is 0.0833. The summed E-state index contributed by atoms with van der Waals surface area (Å²) in [5, 5.41) is 0. The molecule has 0 saturated carbocycles. The number of hydrogen-bond acceptors (Lipinski definition) is 4. The van der Waals surface area contributed by atoms with Crippen molar-refractivity contribution < 1.29 is 40.8 Å². The van der Waals surface area contributed by atoms with Gasteiger partial charge in [0.1, 0.15) is 0 Å².